The van der Waals surface area contributed by atoms with Gasteiger partial charge in [-0.05, 0) is 107 Å². The standard InChI is InChI=1S/C54H92O22/c1-22(10-11-27(51(5,6)69)45-46(41(65)36(60)28(19-55)72-45)76-49-44(68)39(63)35(59)29(20-56)73-49)24-16-17-52(7)31-14-12-25-26(54(31,9)32(57)18-53(24,52)8)13-15-33(50(25,3)4)75-48-43(67)40(64)37(61)30(74-48)21-70-47-42(66)38(62)34(58)23(2)71-47/h12,22-24,26-49,55-69H,10-11,13-21H2,1-9H3/t22-,23?,24-,26-,27?,28?,29?,30?,31+,32-,33+,34?,35?,36?,37?,38?,39?,40?,41?,42?,43?,44?,45?,46?,47?,48?,49?,52+,53-,54+/m1/s1. The van der Waals surface area contributed by atoms with Crippen LogP contribution in [-0.4, -0.2) is 237 Å². The second-order valence-corrected chi connectivity index (χ2v) is 25.9. The normalized spacial score (nSPS) is 52.5. The highest BCUT2D eigenvalue weighted by Gasteiger charge is 2.70. The molecule has 0 aromatic rings. The third kappa shape index (κ3) is 10.3. The molecule has 8 rings (SSSR count). The molecule has 22 heteroatoms. The molecule has 22 nitrogen and oxygen atoms in total. The lowest BCUT2D eigenvalue weighted by Gasteiger charge is -2.67. The lowest BCUT2D eigenvalue weighted by molar-refractivity contribution is -0.348. The van der Waals surface area contributed by atoms with Crippen LogP contribution in [0.25, 0.3) is 0 Å². The van der Waals surface area contributed by atoms with Gasteiger partial charge in [-0.25, -0.2) is 0 Å². The van der Waals surface area contributed by atoms with Crippen molar-refractivity contribution in [2.75, 3.05) is 19.8 Å². The van der Waals surface area contributed by atoms with E-state index < -0.39 is 177 Å². The first-order chi connectivity index (χ1) is 35.4. The predicted octanol–water partition coefficient (Wildman–Crippen LogP) is -1.93. The first-order valence-electron chi connectivity index (χ1n) is 27.8. The number of aliphatic hydroxyl groups is 15. The van der Waals surface area contributed by atoms with Gasteiger partial charge >= 0.3 is 0 Å². The number of fused-ring (bicyclic) bond motifs is 5. The van der Waals surface area contributed by atoms with Crippen LogP contribution in [0.4, 0.5) is 0 Å². The van der Waals surface area contributed by atoms with Crippen LogP contribution in [0.15, 0.2) is 11.6 Å². The van der Waals surface area contributed by atoms with Crippen molar-refractivity contribution >= 4 is 0 Å². The molecular weight excluding hydrogens is 1000 g/mol. The highest BCUT2D eigenvalue weighted by atomic mass is 16.7. The zero-order chi connectivity index (χ0) is 56.1. The van der Waals surface area contributed by atoms with Crippen molar-refractivity contribution in [1.82, 2.24) is 0 Å². The minimum absolute atomic E-state index is 0.0179. The summed E-state index contributed by atoms with van der Waals surface area (Å²) in [7, 11) is 0. The smallest absolute Gasteiger partial charge is 0.187 e. The lowest BCUT2D eigenvalue weighted by atomic mass is 9.38. The SMILES string of the molecule is CC1OC(OCC2OC(O[C@H]3CC[C@@H]4C(=CC[C@@H]5[C@@]4(C)[C@H](O)C[C@]4(C)[C@@H]([C@H](C)CCC(C6OC(CO)C(O)C(O)C6OC6OC(CO)C(O)C(O)C6O)C(C)(C)O)CC[C@@]54C)C3(C)C)C(O)C(O)C2O)C(O)C(O)C1O. The van der Waals surface area contributed by atoms with Crippen molar-refractivity contribution in [3.63, 3.8) is 0 Å². The second-order valence-electron chi connectivity index (χ2n) is 25.9. The molecule has 440 valence electrons. The van der Waals surface area contributed by atoms with Gasteiger partial charge in [-0.3, -0.25) is 0 Å². The van der Waals surface area contributed by atoms with Gasteiger partial charge in [0, 0.05) is 16.7 Å². The van der Waals surface area contributed by atoms with Gasteiger partial charge in [-0.1, -0.05) is 53.2 Å². The van der Waals surface area contributed by atoms with E-state index in [9.17, 15) is 76.6 Å². The fraction of sp³-hybridized carbons (Fsp3) is 0.963. The van der Waals surface area contributed by atoms with Gasteiger partial charge in [0.25, 0.3) is 0 Å². The molecule has 4 aliphatic carbocycles. The average molecular weight is 1090 g/mol. The second kappa shape index (κ2) is 22.6. The van der Waals surface area contributed by atoms with Gasteiger partial charge in [-0.2, -0.15) is 0 Å². The summed E-state index contributed by atoms with van der Waals surface area (Å²) >= 11 is 0. The summed E-state index contributed by atoms with van der Waals surface area (Å²) < 4.78 is 41.9. The topological polar surface area (TPSA) is 368 Å². The van der Waals surface area contributed by atoms with Crippen LogP contribution in [0.2, 0.25) is 0 Å². The zero-order valence-electron chi connectivity index (χ0n) is 45.5. The molecule has 0 bridgehead atoms. The lowest BCUT2D eigenvalue weighted by Crippen LogP contribution is -2.66. The molecule has 0 aromatic carbocycles. The maximum absolute atomic E-state index is 12.8. The molecule has 3 saturated carbocycles. The molecule has 4 heterocycles. The number of hydrogen-bond donors (Lipinski definition) is 15. The van der Waals surface area contributed by atoms with Crippen molar-refractivity contribution in [3.8, 4) is 0 Å². The molecule has 15 N–H and O–H groups in total. The Morgan fingerprint density at radius 2 is 1.18 bits per heavy atom. The minimum Gasteiger partial charge on any atom is -0.394 e. The maximum atomic E-state index is 12.8. The van der Waals surface area contributed by atoms with Crippen LogP contribution < -0.4 is 0 Å². The summed E-state index contributed by atoms with van der Waals surface area (Å²) in [6, 6.07) is 0. The van der Waals surface area contributed by atoms with Crippen molar-refractivity contribution in [3.05, 3.63) is 11.6 Å². The summed E-state index contributed by atoms with van der Waals surface area (Å²) in [6.07, 6.45) is -23.5. The molecule has 8 aliphatic rings. The molecule has 21 unspecified atom stereocenters. The van der Waals surface area contributed by atoms with Crippen LogP contribution >= 0.6 is 0 Å². The largest absolute Gasteiger partial charge is 0.394 e. The van der Waals surface area contributed by atoms with Crippen LogP contribution in [0.3, 0.4) is 0 Å². The van der Waals surface area contributed by atoms with Crippen molar-refractivity contribution in [2.45, 2.75) is 254 Å². The van der Waals surface area contributed by atoms with Gasteiger partial charge in [0.1, 0.15) is 91.6 Å². The van der Waals surface area contributed by atoms with E-state index in [2.05, 4.69) is 47.6 Å². The zero-order valence-corrected chi connectivity index (χ0v) is 45.5. The molecule has 7 fully saturated rings. The number of hydrogen-bond acceptors (Lipinski definition) is 22. The Balaban J connectivity index is 0.963. The Hall–Kier alpha value is -1.14. The fourth-order valence-corrected chi connectivity index (χ4v) is 16.1. The highest BCUT2D eigenvalue weighted by molar-refractivity contribution is 5.32. The van der Waals surface area contributed by atoms with Gasteiger partial charge in [0.15, 0.2) is 18.9 Å². The third-order valence-electron chi connectivity index (χ3n) is 21.1. The van der Waals surface area contributed by atoms with Gasteiger partial charge < -0.3 is 110 Å². The molecule has 4 saturated heterocycles. The summed E-state index contributed by atoms with van der Waals surface area (Å²) in [5, 5.41) is 163. The molecule has 76 heavy (non-hydrogen) atoms. The van der Waals surface area contributed by atoms with Crippen LogP contribution in [-0.2, 0) is 33.2 Å². The Morgan fingerprint density at radius 3 is 1.80 bits per heavy atom. The van der Waals surface area contributed by atoms with Crippen LogP contribution in [0, 0.1) is 51.2 Å². The fourth-order valence-electron chi connectivity index (χ4n) is 16.1. The average Bonchev–Trinajstić information content (AvgIpc) is 3.65. The van der Waals surface area contributed by atoms with Crippen LogP contribution in [0.1, 0.15) is 114 Å². The van der Waals surface area contributed by atoms with Gasteiger partial charge in [0.05, 0.1) is 49.8 Å². The van der Waals surface area contributed by atoms with E-state index in [4.69, 9.17) is 33.2 Å². The Labute approximate surface area is 445 Å². The van der Waals surface area contributed by atoms with Crippen molar-refractivity contribution in [2.24, 2.45) is 51.2 Å². The molecule has 0 spiro atoms. The molecule has 0 radical (unpaired) electrons. The number of allylic oxidation sites excluding steroid dienone is 1. The van der Waals surface area contributed by atoms with Gasteiger partial charge in [-0.15, -0.1) is 0 Å². The molecule has 0 aromatic heterocycles. The van der Waals surface area contributed by atoms with E-state index in [1.807, 2.05) is 0 Å². The maximum Gasteiger partial charge on any atom is 0.187 e. The molecular formula is C54H92O22. The Kier molecular flexibility index (Phi) is 18.1. The summed E-state index contributed by atoms with van der Waals surface area (Å²) in [4.78, 5) is 0. The number of ether oxygens (including phenoxy) is 7. The molecule has 4 aliphatic heterocycles. The monoisotopic (exact) mass is 1090 g/mol. The number of aliphatic hydroxyl groups excluding tert-OH is 14. The van der Waals surface area contributed by atoms with E-state index >= 15 is 0 Å². The third-order valence-corrected chi connectivity index (χ3v) is 21.1. The quantitative estimate of drug-likeness (QED) is 0.0794. The highest BCUT2D eigenvalue weighted by Crippen LogP contribution is 2.75. The van der Waals surface area contributed by atoms with E-state index in [-0.39, 0.29) is 34.5 Å². The summed E-state index contributed by atoms with van der Waals surface area (Å²) in [6.45, 7) is 16.1. The first kappa shape index (κ1) is 60.9. The van der Waals surface area contributed by atoms with Crippen molar-refractivity contribution in [1.29, 1.82) is 0 Å². The summed E-state index contributed by atoms with van der Waals surface area (Å²) in [5.74, 6) is -0.525. The van der Waals surface area contributed by atoms with Gasteiger partial charge in [0.2, 0.25) is 0 Å². The van der Waals surface area contributed by atoms with E-state index in [0.717, 1.165) is 18.4 Å². The number of rotatable bonds is 15. The van der Waals surface area contributed by atoms with E-state index in [1.54, 1.807) is 13.8 Å². The van der Waals surface area contributed by atoms with E-state index in [0.29, 0.717) is 38.5 Å². The Morgan fingerprint density at radius 1 is 0.632 bits per heavy atom. The minimum atomic E-state index is -1.82. The summed E-state index contributed by atoms with van der Waals surface area (Å²) in [5.41, 5.74) is -2.02. The predicted molar refractivity (Wildman–Crippen MR) is 265 cm³/mol. The molecule has 30 atom stereocenters. The van der Waals surface area contributed by atoms with Crippen molar-refractivity contribution < 1.29 is 110 Å². The Bertz CT molecular complexity index is 1990. The first-order valence-corrected chi connectivity index (χ1v) is 27.8. The molecule has 0 amide bonds. The van der Waals surface area contributed by atoms with E-state index in [1.165, 1.54) is 6.92 Å². The van der Waals surface area contributed by atoms with Crippen LogP contribution in [0.5, 0.6) is 0 Å².